The second kappa shape index (κ2) is 7.45. The number of carbonyl (C=O) groups excluding carboxylic acids is 1. The monoisotopic (exact) mass is 376 g/mol. The zero-order chi connectivity index (χ0) is 19.6. The molecule has 4 nitrogen and oxygen atoms in total. The number of nitrogens with zero attached hydrogens (tertiary/aromatic N) is 1. The van der Waals surface area contributed by atoms with Crippen molar-refractivity contribution < 1.29 is 22.4 Å². The highest BCUT2D eigenvalue weighted by Gasteiger charge is 2.16. The summed E-state index contributed by atoms with van der Waals surface area (Å²) >= 11 is 0. The lowest BCUT2D eigenvalue weighted by atomic mass is 10.2. The number of hydrogen-bond donors (Lipinski definition) is 1. The van der Waals surface area contributed by atoms with Crippen molar-refractivity contribution in [3.05, 3.63) is 99.5 Å². The first-order chi connectivity index (χ1) is 12.9. The highest BCUT2D eigenvalue weighted by Crippen LogP contribution is 2.20. The van der Waals surface area contributed by atoms with E-state index in [0.717, 1.165) is 16.7 Å². The van der Waals surface area contributed by atoms with Crippen molar-refractivity contribution in [3.63, 3.8) is 0 Å². The van der Waals surface area contributed by atoms with Crippen molar-refractivity contribution in [1.82, 2.24) is 4.57 Å². The minimum atomic E-state index is -1.71. The minimum absolute atomic E-state index is 0.0462. The van der Waals surface area contributed by atoms with Gasteiger partial charge in [0.25, 0.3) is 11.5 Å². The van der Waals surface area contributed by atoms with Gasteiger partial charge in [0.05, 0.1) is 17.8 Å². The predicted octanol–water partition coefficient (Wildman–Crippen LogP) is 3.71. The Morgan fingerprint density at radius 1 is 0.889 bits per heavy atom. The van der Waals surface area contributed by atoms with Gasteiger partial charge >= 0.3 is 0 Å². The molecule has 0 saturated carbocycles. The van der Waals surface area contributed by atoms with Crippen molar-refractivity contribution >= 4 is 11.6 Å². The van der Waals surface area contributed by atoms with Crippen LogP contribution >= 0.6 is 0 Å². The van der Waals surface area contributed by atoms with Crippen LogP contribution in [0.15, 0.2) is 59.5 Å². The van der Waals surface area contributed by atoms with E-state index >= 15 is 0 Å². The van der Waals surface area contributed by atoms with Crippen LogP contribution in [-0.2, 0) is 6.54 Å². The number of pyridine rings is 1. The third kappa shape index (κ3) is 3.89. The molecule has 27 heavy (non-hydrogen) atoms. The Hall–Kier alpha value is -3.42. The number of benzene rings is 2. The van der Waals surface area contributed by atoms with Crippen molar-refractivity contribution in [2.24, 2.45) is 0 Å². The first-order valence-corrected chi connectivity index (χ1v) is 7.75. The molecule has 0 fully saturated rings. The van der Waals surface area contributed by atoms with Crippen LogP contribution in [0.25, 0.3) is 0 Å². The molecule has 0 unspecified atom stereocenters. The lowest BCUT2D eigenvalue weighted by Crippen LogP contribution is -2.23. The van der Waals surface area contributed by atoms with Gasteiger partial charge in [-0.15, -0.1) is 0 Å². The number of carbonyl (C=O) groups is 1. The average Bonchev–Trinajstić information content (AvgIpc) is 2.65. The fourth-order valence-electron chi connectivity index (χ4n) is 2.42. The summed E-state index contributed by atoms with van der Waals surface area (Å²) < 4.78 is 54.8. The summed E-state index contributed by atoms with van der Waals surface area (Å²) in [6.07, 6.45) is 1.17. The van der Waals surface area contributed by atoms with Gasteiger partial charge in [-0.1, -0.05) is 18.2 Å². The number of amides is 1. The molecular formula is C19H12F4N2O2. The largest absolute Gasteiger partial charge is 0.319 e. The van der Waals surface area contributed by atoms with E-state index in [1.54, 1.807) is 6.07 Å². The standard InChI is InChI=1S/C19H12F4N2O2/c20-13-4-2-1-3-11(13)9-25-10-12(5-8-16(25)26)19(27)24-15-7-6-14(21)17(22)18(15)23/h1-8,10H,9H2,(H,24,27). The number of anilines is 1. The van der Waals surface area contributed by atoms with Gasteiger partial charge in [-0.05, 0) is 24.3 Å². The average molecular weight is 376 g/mol. The van der Waals surface area contributed by atoms with Crippen LogP contribution in [0.5, 0.6) is 0 Å². The zero-order valence-electron chi connectivity index (χ0n) is 13.7. The number of rotatable bonds is 4. The maximum absolute atomic E-state index is 13.8. The van der Waals surface area contributed by atoms with Crippen LogP contribution in [0.2, 0.25) is 0 Å². The highest BCUT2D eigenvalue weighted by atomic mass is 19.2. The quantitative estimate of drug-likeness (QED) is 0.558. The van der Waals surface area contributed by atoms with Crippen LogP contribution in [0.1, 0.15) is 15.9 Å². The van der Waals surface area contributed by atoms with E-state index in [2.05, 4.69) is 5.32 Å². The van der Waals surface area contributed by atoms with Gasteiger partial charge in [-0.3, -0.25) is 9.59 Å². The number of halogens is 4. The third-order valence-electron chi connectivity index (χ3n) is 3.83. The maximum Gasteiger partial charge on any atom is 0.257 e. The summed E-state index contributed by atoms with van der Waals surface area (Å²) in [5.74, 6) is -5.99. The van der Waals surface area contributed by atoms with Crippen molar-refractivity contribution in [2.45, 2.75) is 6.54 Å². The molecule has 3 aromatic rings. The Morgan fingerprint density at radius 3 is 2.37 bits per heavy atom. The number of nitrogens with one attached hydrogen (secondary N) is 1. The second-order valence-corrected chi connectivity index (χ2v) is 5.65. The van der Waals surface area contributed by atoms with Crippen LogP contribution < -0.4 is 10.9 Å². The highest BCUT2D eigenvalue weighted by molar-refractivity contribution is 6.04. The molecule has 8 heteroatoms. The van der Waals surface area contributed by atoms with E-state index in [9.17, 15) is 27.2 Å². The van der Waals surface area contributed by atoms with Gasteiger partial charge in [0, 0.05) is 17.8 Å². The van der Waals surface area contributed by atoms with Gasteiger partial charge in [0.15, 0.2) is 17.5 Å². The molecule has 1 aromatic heterocycles. The summed E-state index contributed by atoms with van der Waals surface area (Å²) in [6.45, 7) is -0.119. The molecule has 1 heterocycles. The summed E-state index contributed by atoms with van der Waals surface area (Å²) in [4.78, 5) is 24.2. The zero-order valence-corrected chi connectivity index (χ0v) is 13.7. The fourth-order valence-corrected chi connectivity index (χ4v) is 2.42. The molecule has 1 amide bonds. The summed E-state index contributed by atoms with van der Waals surface area (Å²) in [5, 5.41) is 2.11. The molecule has 3 rings (SSSR count). The van der Waals surface area contributed by atoms with Crippen molar-refractivity contribution in [1.29, 1.82) is 0 Å². The van der Waals surface area contributed by atoms with Gasteiger partial charge in [-0.2, -0.15) is 0 Å². The Morgan fingerprint density at radius 2 is 1.63 bits per heavy atom. The Bertz CT molecular complexity index is 1080. The summed E-state index contributed by atoms with van der Waals surface area (Å²) in [5.41, 5.74) is -0.835. The SMILES string of the molecule is O=C(Nc1ccc(F)c(F)c1F)c1ccc(=O)n(Cc2ccccc2F)c1. The van der Waals surface area contributed by atoms with E-state index in [0.29, 0.717) is 6.07 Å². The van der Waals surface area contributed by atoms with Gasteiger partial charge in [0.2, 0.25) is 0 Å². The van der Waals surface area contributed by atoms with E-state index in [1.807, 2.05) is 0 Å². The van der Waals surface area contributed by atoms with Gasteiger partial charge < -0.3 is 9.88 Å². The predicted molar refractivity (Wildman–Crippen MR) is 90.5 cm³/mol. The topological polar surface area (TPSA) is 51.1 Å². The van der Waals surface area contributed by atoms with E-state index < -0.39 is 40.4 Å². The van der Waals surface area contributed by atoms with Crippen LogP contribution in [0.3, 0.4) is 0 Å². The Kier molecular flexibility index (Phi) is 5.07. The van der Waals surface area contributed by atoms with Crippen LogP contribution in [-0.4, -0.2) is 10.5 Å². The van der Waals surface area contributed by atoms with Crippen LogP contribution in [0.4, 0.5) is 23.2 Å². The molecule has 0 aliphatic rings. The van der Waals surface area contributed by atoms with Crippen molar-refractivity contribution in [3.8, 4) is 0 Å². The molecule has 0 spiro atoms. The molecule has 0 atom stereocenters. The first-order valence-electron chi connectivity index (χ1n) is 7.75. The van der Waals surface area contributed by atoms with E-state index in [1.165, 1.54) is 30.5 Å². The smallest absolute Gasteiger partial charge is 0.257 e. The molecule has 0 aliphatic carbocycles. The van der Waals surface area contributed by atoms with Crippen LogP contribution in [0, 0.1) is 23.3 Å². The maximum atomic E-state index is 13.8. The third-order valence-corrected chi connectivity index (χ3v) is 3.83. The summed E-state index contributed by atoms with van der Waals surface area (Å²) in [6, 6.07) is 9.67. The molecule has 138 valence electrons. The van der Waals surface area contributed by atoms with Gasteiger partial charge in [0.1, 0.15) is 5.82 Å². The fraction of sp³-hybridized carbons (Fsp3) is 0.0526. The Labute approximate surface area is 150 Å². The van der Waals surface area contributed by atoms with E-state index in [4.69, 9.17) is 0 Å². The molecule has 0 radical (unpaired) electrons. The number of hydrogen-bond acceptors (Lipinski definition) is 2. The first kappa shape index (κ1) is 18.4. The molecule has 2 aromatic carbocycles. The van der Waals surface area contributed by atoms with E-state index in [-0.39, 0.29) is 17.7 Å². The molecule has 0 saturated heterocycles. The Balaban J connectivity index is 1.87. The lowest BCUT2D eigenvalue weighted by molar-refractivity contribution is 0.102. The lowest BCUT2D eigenvalue weighted by Gasteiger charge is -2.10. The van der Waals surface area contributed by atoms with Crippen molar-refractivity contribution in [2.75, 3.05) is 5.32 Å². The second-order valence-electron chi connectivity index (χ2n) is 5.65. The summed E-state index contributed by atoms with van der Waals surface area (Å²) in [7, 11) is 0. The molecule has 0 aliphatic heterocycles. The molecular weight excluding hydrogens is 364 g/mol. The molecule has 1 N–H and O–H groups in total. The molecule has 0 bridgehead atoms. The number of aromatic nitrogens is 1. The normalized spacial score (nSPS) is 10.7. The minimum Gasteiger partial charge on any atom is -0.319 e. The van der Waals surface area contributed by atoms with Gasteiger partial charge in [-0.25, -0.2) is 17.6 Å².